The van der Waals surface area contributed by atoms with E-state index in [1.54, 1.807) is 19.1 Å². The topological polar surface area (TPSA) is 52.6 Å². The van der Waals surface area contributed by atoms with Crippen LogP contribution in [0.4, 0.5) is 5.69 Å². The second-order valence-corrected chi connectivity index (χ2v) is 4.43. The molecule has 1 aromatic carbocycles. The Morgan fingerprint density at radius 3 is 2.39 bits per heavy atom. The number of terminal acetylenes is 1. The maximum absolute atomic E-state index is 11.4. The van der Waals surface area contributed by atoms with Crippen LogP contribution in [0.1, 0.15) is 12.5 Å². The Labute approximate surface area is 108 Å². The molecule has 1 atom stereocenters. The normalized spacial score (nSPS) is 13.4. The van der Waals surface area contributed by atoms with Crippen molar-refractivity contribution in [3.63, 3.8) is 0 Å². The smallest absolute Gasteiger partial charge is 0.328 e. The van der Waals surface area contributed by atoms with Gasteiger partial charge in [-0.1, -0.05) is 18.1 Å². The molecular formula is C14H18N2O2. The molecule has 0 aromatic heterocycles. The largest absolute Gasteiger partial charge is 0.480 e. The van der Waals surface area contributed by atoms with Crippen molar-refractivity contribution in [3.05, 3.63) is 29.8 Å². The summed E-state index contributed by atoms with van der Waals surface area (Å²) in [6.07, 6.45) is 5.17. The Morgan fingerprint density at radius 2 is 2.00 bits per heavy atom. The highest BCUT2D eigenvalue weighted by molar-refractivity contribution is 5.80. The minimum Gasteiger partial charge on any atom is -0.480 e. The van der Waals surface area contributed by atoms with Gasteiger partial charge in [-0.05, 0) is 24.6 Å². The van der Waals surface area contributed by atoms with Gasteiger partial charge >= 0.3 is 5.97 Å². The molecule has 0 aliphatic carbocycles. The van der Waals surface area contributed by atoms with Gasteiger partial charge in [0.15, 0.2) is 0 Å². The minimum absolute atomic E-state index is 0.207. The summed E-state index contributed by atoms with van der Waals surface area (Å²) in [6.45, 7) is 1.82. The van der Waals surface area contributed by atoms with Crippen LogP contribution in [0.2, 0.25) is 0 Å². The van der Waals surface area contributed by atoms with Crippen LogP contribution in [-0.2, 0) is 10.3 Å². The maximum Gasteiger partial charge on any atom is 0.328 e. The van der Waals surface area contributed by atoms with Gasteiger partial charge in [0, 0.05) is 19.8 Å². The van der Waals surface area contributed by atoms with Crippen molar-refractivity contribution in [2.24, 2.45) is 0 Å². The third kappa shape index (κ3) is 2.82. The molecule has 1 unspecified atom stereocenters. The van der Waals surface area contributed by atoms with Crippen LogP contribution in [0.5, 0.6) is 0 Å². The third-order valence-corrected chi connectivity index (χ3v) is 2.93. The van der Waals surface area contributed by atoms with Gasteiger partial charge in [-0.15, -0.1) is 6.42 Å². The molecule has 0 heterocycles. The molecule has 0 saturated heterocycles. The third-order valence-electron chi connectivity index (χ3n) is 2.93. The van der Waals surface area contributed by atoms with Gasteiger partial charge in [-0.3, -0.25) is 5.32 Å². The number of nitrogens with one attached hydrogen (secondary N) is 1. The van der Waals surface area contributed by atoms with Gasteiger partial charge in [0.25, 0.3) is 0 Å². The zero-order chi connectivity index (χ0) is 13.8. The number of hydrogen-bond acceptors (Lipinski definition) is 3. The van der Waals surface area contributed by atoms with E-state index in [0.29, 0.717) is 5.56 Å². The summed E-state index contributed by atoms with van der Waals surface area (Å²) in [4.78, 5) is 13.4. The summed E-state index contributed by atoms with van der Waals surface area (Å²) >= 11 is 0. The van der Waals surface area contributed by atoms with E-state index in [0.717, 1.165) is 5.69 Å². The molecule has 0 radical (unpaired) electrons. The lowest BCUT2D eigenvalue weighted by Crippen LogP contribution is -2.46. The molecule has 4 nitrogen and oxygen atoms in total. The van der Waals surface area contributed by atoms with Crippen LogP contribution >= 0.6 is 0 Å². The fraction of sp³-hybridized carbons (Fsp3) is 0.357. The van der Waals surface area contributed by atoms with Gasteiger partial charge < -0.3 is 10.0 Å². The number of carboxylic acids is 1. The highest BCUT2D eigenvalue weighted by Crippen LogP contribution is 2.23. The first-order valence-electron chi connectivity index (χ1n) is 5.61. The highest BCUT2D eigenvalue weighted by Gasteiger charge is 2.34. The number of hydrogen-bond donors (Lipinski definition) is 2. The summed E-state index contributed by atoms with van der Waals surface area (Å²) in [7, 11) is 3.87. The Hall–Kier alpha value is -1.99. The lowest BCUT2D eigenvalue weighted by Gasteiger charge is -2.26. The number of aliphatic carboxylic acids is 1. The van der Waals surface area contributed by atoms with E-state index in [2.05, 4.69) is 11.2 Å². The molecule has 1 aromatic rings. The van der Waals surface area contributed by atoms with Crippen molar-refractivity contribution in [1.29, 1.82) is 0 Å². The van der Waals surface area contributed by atoms with E-state index in [9.17, 15) is 9.90 Å². The van der Waals surface area contributed by atoms with E-state index in [1.165, 1.54) is 0 Å². The van der Waals surface area contributed by atoms with Crippen molar-refractivity contribution >= 4 is 11.7 Å². The van der Waals surface area contributed by atoms with Gasteiger partial charge in [0.2, 0.25) is 0 Å². The van der Waals surface area contributed by atoms with Crippen molar-refractivity contribution in [2.75, 3.05) is 25.5 Å². The predicted molar refractivity (Wildman–Crippen MR) is 72.6 cm³/mol. The molecular weight excluding hydrogens is 228 g/mol. The molecule has 0 aliphatic rings. The molecule has 0 fully saturated rings. The van der Waals surface area contributed by atoms with E-state index in [1.807, 2.05) is 31.1 Å². The average molecular weight is 246 g/mol. The second-order valence-electron chi connectivity index (χ2n) is 4.43. The number of nitrogens with zero attached hydrogens (tertiary/aromatic N) is 1. The van der Waals surface area contributed by atoms with E-state index < -0.39 is 11.5 Å². The summed E-state index contributed by atoms with van der Waals surface area (Å²) in [5.74, 6) is 1.45. The molecule has 0 spiro atoms. The lowest BCUT2D eigenvalue weighted by atomic mass is 9.92. The Kier molecular flexibility index (Phi) is 4.35. The molecule has 2 N–H and O–H groups in total. The molecule has 0 amide bonds. The van der Waals surface area contributed by atoms with E-state index in [-0.39, 0.29) is 6.54 Å². The molecule has 0 bridgehead atoms. The second kappa shape index (κ2) is 5.56. The molecule has 18 heavy (non-hydrogen) atoms. The summed E-state index contributed by atoms with van der Waals surface area (Å²) in [5, 5.41) is 12.2. The lowest BCUT2D eigenvalue weighted by molar-refractivity contribution is -0.144. The standard InChI is InChI=1S/C14H18N2O2/c1-5-10-15-14(2,13(17)18)11-6-8-12(9-7-11)16(3)4/h1,6-9,15H,10H2,2-4H3,(H,17,18). The first-order valence-corrected chi connectivity index (χ1v) is 5.61. The SMILES string of the molecule is C#CCNC(C)(C(=O)O)c1ccc(N(C)C)cc1. The zero-order valence-corrected chi connectivity index (χ0v) is 10.9. The number of benzene rings is 1. The molecule has 4 heteroatoms. The van der Waals surface area contributed by atoms with Crippen LogP contribution < -0.4 is 10.2 Å². The van der Waals surface area contributed by atoms with Crippen LogP contribution in [0.15, 0.2) is 24.3 Å². The number of rotatable bonds is 5. The maximum atomic E-state index is 11.4. The monoisotopic (exact) mass is 246 g/mol. The van der Waals surface area contributed by atoms with Gasteiger partial charge in [0.1, 0.15) is 5.54 Å². The van der Waals surface area contributed by atoms with Gasteiger partial charge in [0.05, 0.1) is 6.54 Å². The summed E-state index contributed by atoms with van der Waals surface area (Å²) < 4.78 is 0. The number of carboxylic acid groups (broad SMARTS) is 1. The van der Waals surface area contributed by atoms with Crippen LogP contribution in [0.25, 0.3) is 0 Å². The Morgan fingerprint density at radius 1 is 1.44 bits per heavy atom. The zero-order valence-electron chi connectivity index (χ0n) is 10.9. The quantitative estimate of drug-likeness (QED) is 0.768. The number of anilines is 1. The average Bonchev–Trinajstić information content (AvgIpc) is 2.35. The minimum atomic E-state index is -1.17. The van der Waals surface area contributed by atoms with Gasteiger partial charge in [-0.2, -0.15) is 0 Å². The van der Waals surface area contributed by atoms with Crippen LogP contribution in [0, 0.1) is 12.3 Å². The molecule has 0 aliphatic heterocycles. The first-order chi connectivity index (χ1) is 8.41. The van der Waals surface area contributed by atoms with Crippen molar-refractivity contribution in [3.8, 4) is 12.3 Å². The van der Waals surface area contributed by atoms with Crippen molar-refractivity contribution < 1.29 is 9.90 Å². The predicted octanol–water partition coefficient (Wildman–Crippen LogP) is 1.28. The van der Waals surface area contributed by atoms with Crippen molar-refractivity contribution in [1.82, 2.24) is 5.32 Å². The number of carbonyl (C=O) groups is 1. The fourth-order valence-corrected chi connectivity index (χ4v) is 1.62. The summed E-state index contributed by atoms with van der Waals surface area (Å²) in [6, 6.07) is 7.36. The van der Waals surface area contributed by atoms with Crippen molar-refractivity contribution in [2.45, 2.75) is 12.5 Å². The Balaban J connectivity index is 3.07. The van der Waals surface area contributed by atoms with E-state index >= 15 is 0 Å². The molecule has 0 saturated carbocycles. The highest BCUT2D eigenvalue weighted by atomic mass is 16.4. The fourth-order valence-electron chi connectivity index (χ4n) is 1.62. The summed E-state index contributed by atoms with van der Waals surface area (Å²) in [5.41, 5.74) is 0.524. The Bertz CT molecular complexity index is 460. The van der Waals surface area contributed by atoms with Crippen LogP contribution in [-0.4, -0.2) is 31.7 Å². The van der Waals surface area contributed by atoms with Crippen LogP contribution in [0.3, 0.4) is 0 Å². The first kappa shape index (κ1) is 14.1. The van der Waals surface area contributed by atoms with Gasteiger partial charge in [-0.25, -0.2) is 4.79 Å². The molecule has 1 rings (SSSR count). The van der Waals surface area contributed by atoms with E-state index in [4.69, 9.17) is 6.42 Å². The molecule has 96 valence electrons.